The number of hydrogen-bond acceptors (Lipinski definition) is 3. The van der Waals surface area contributed by atoms with Crippen LogP contribution in [-0.2, 0) is 9.59 Å². The summed E-state index contributed by atoms with van der Waals surface area (Å²) in [6, 6.07) is 9.49. The lowest BCUT2D eigenvalue weighted by molar-refractivity contribution is -0.119. The van der Waals surface area contributed by atoms with Gasteiger partial charge in [-0.2, -0.15) is 0 Å². The normalized spacial score (nSPS) is 10.2. The molecule has 20 heavy (non-hydrogen) atoms. The molecule has 0 atom stereocenters. The zero-order valence-corrected chi connectivity index (χ0v) is 11.3. The Kier molecular flexibility index (Phi) is 4.65. The predicted octanol–water partition coefficient (Wildman–Crippen LogP) is 2.09. The van der Waals surface area contributed by atoms with E-state index in [9.17, 15) is 9.59 Å². The largest absolute Gasteiger partial charge is 0.356 e. The number of aromatic nitrogens is 1. The number of carbonyl (C=O) groups excluding carboxylic acids is 2. The predicted molar refractivity (Wildman–Crippen MR) is 78.3 cm³/mol. The van der Waals surface area contributed by atoms with Crippen LogP contribution in [0.5, 0.6) is 0 Å². The van der Waals surface area contributed by atoms with Crippen molar-refractivity contribution in [1.82, 2.24) is 10.3 Å². The van der Waals surface area contributed by atoms with E-state index in [0.29, 0.717) is 25.1 Å². The lowest BCUT2D eigenvalue weighted by atomic mass is 10.2. The van der Waals surface area contributed by atoms with Crippen molar-refractivity contribution in [2.24, 2.45) is 0 Å². The van der Waals surface area contributed by atoms with E-state index < -0.39 is 0 Å². The van der Waals surface area contributed by atoms with Crippen LogP contribution in [-0.4, -0.2) is 23.3 Å². The standard InChI is InChI=1S/C15H17N3O2/c1-11(19)16-9-4-8-14(20)18-13-7-2-5-12-6-3-10-17-15(12)13/h2-3,5-7,10H,4,8-9H2,1H3,(H,16,19)(H,18,20). The van der Waals surface area contributed by atoms with Gasteiger partial charge in [-0.1, -0.05) is 18.2 Å². The molecular formula is C15H17N3O2. The van der Waals surface area contributed by atoms with Crippen LogP contribution in [0.1, 0.15) is 19.8 Å². The van der Waals surface area contributed by atoms with E-state index in [-0.39, 0.29) is 11.8 Å². The van der Waals surface area contributed by atoms with Gasteiger partial charge in [0.05, 0.1) is 11.2 Å². The quantitative estimate of drug-likeness (QED) is 0.818. The molecule has 2 N–H and O–H groups in total. The Hall–Kier alpha value is -2.43. The Morgan fingerprint density at radius 1 is 1.20 bits per heavy atom. The Morgan fingerprint density at radius 3 is 2.80 bits per heavy atom. The molecule has 1 aromatic heterocycles. The summed E-state index contributed by atoms with van der Waals surface area (Å²) >= 11 is 0. The van der Waals surface area contributed by atoms with E-state index in [0.717, 1.165) is 10.9 Å². The highest BCUT2D eigenvalue weighted by Gasteiger charge is 2.06. The molecule has 0 aliphatic carbocycles. The maximum Gasteiger partial charge on any atom is 0.224 e. The number of benzene rings is 1. The van der Waals surface area contributed by atoms with Gasteiger partial charge in [-0.25, -0.2) is 0 Å². The summed E-state index contributed by atoms with van der Waals surface area (Å²) in [5.74, 6) is -0.155. The van der Waals surface area contributed by atoms with Gasteiger partial charge in [0.25, 0.3) is 0 Å². The van der Waals surface area contributed by atoms with Gasteiger partial charge in [-0.15, -0.1) is 0 Å². The Morgan fingerprint density at radius 2 is 2.00 bits per heavy atom. The molecule has 0 aliphatic rings. The molecule has 0 radical (unpaired) electrons. The molecular weight excluding hydrogens is 254 g/mol. The van der Waals surface area contributed by atoms with E-state index in [2.05, 4.69) is 15.6 Å². The average molecular weight is 271 g/mol. The molecule has 0 aliphatic heterocycles. The Bertz CT molecular complexity index is 620. The summed E-state index contributed by atoms with van der Waals surface area (Å²) in [4.78, 5) is 26.8. The second kappa shape index (κ2) is 6.65. The first-order valence-corrected chi connectivity index (χ1v) is 6.55. The highest BCUT2D eigenvalue weighted by molar-refractivity contribution is 6.00. The summed E-state index contributed by atoms with van der Waals surface area (Å²) in [5, 5.41) is 6.51. The fourth-order valence-electron chi connectivity index (χ4n) is 1.93. The van der Waals surface area contributed by atoms with Crippen LogP contribution in [0.3, 0.4) is 0 Å². The lowest BCUT2D eigenvalue weighted by Gasteiger charge is -2.08. The molecule has 5 nitrogen and oxygen atoms in total. The number of amides is 2. The number of carbonyl (C=O) groups is 2. The SMILES string of the molecule is CC(=O)NCCCC(=O)Nc1cccc2cccnc12. The molecule has 2 amide bonds. The molecule has 1 aromatic carbocycles. The number of nitrogens with zero attached hydrogens (tertiary/aromatic N) is 1. The minimum atomic E-state index is -0.0799. The Labute approximate surface area is 117 Å². The van der Waals surface area contributed by atoms with Crippen LogP contribution in [0.15, 0.2) is 36.5 Å². The van der Waals surface area contributed by atoms with E-state index in [1.54, 1.807) is 6.20 Å². The van der Waals surface area contributed by atoms with E-state index in [1.165, 1.54) is 6.92 Å². The number of nitrogens with one attached hydrogen (secondary N) is 2. The van der Waals surface area contributed by atoms with Crippen molar-refractivity contribution in [3.05, 3.63) is 36.5 Å². The maximum atomic E-state index is 11.8. The van der Waals surface area contributed by atoms with E-state index >= 15 is 0 Å². The van der Waals surface area contributed by atoms with E-state index in [4.69, 9.17) is 0 Å². The minimum Gasteiger partial charge on any atom is -0.356 e. The van der Waals surface area contributed by atoms with Crippen molar-refractivity contribution >= 4 is 28.4 Å². The molecule has 0 spiro atoms. The lowest BCUT2D eigenvalue weighted by Crippen LogP contribution is -2.22. The molecule has 0 saturated heterocycles. The number of pyridine rings is 1. The van der Waals surface area contributed by atoms with Crippen molar-refractivity contribution in [3.8, 4) is 0 Å². The average Bonchev–Trinajstić information content (AvgIpc) is 2.44. The molecule has 2 aromatic rings. The van der Waals surface area contributed by atoms with Crippen molar-refractivity contribution in [3.63, 3.8) is 0 Å². The van der Waals surface area contributed by atoms with Crippen LogP contribution < -0.4 is 10.6 Å². The van der Waals surface area contributed by atoms with Crippen LogP contribution in [0, 0.1) is 0 Å². The first kappa shape index (κ1) is 14.0. The van der Waals surface area contributed by atoms with Gasteiger partial charge >= 0.3 is 0 Å². The van der Waals surface area contributed by atoms with Crippen LogP contribution in [0.2, 0.25) is 0 Å². The number of anilines is 1. The van der Waals surface area contributed by atoms with Crippen LogP contribution in [0.25, 0.3) is 10.9 Å². The third-order valence-corrected chi connectivity index (χ3v) is 2.86. The highest BCUT2D eigenvalue weighted by atomic mass is 16.2. The molecule has 0 saturated carbocycles. The number of para-hydroxylation sites is 1. The molecule has 1 heterocycles. The van der Waals surface area contributed by atoms with Gasteiger partial charge in [0, 0.05) is 31.5 Å². The Balaban J connectivity index is 1.94. The summed E-state index contributed by atoms with van der Waals surface area (Å²) in [5.41, 5.74) is 1.50. The molecule has 0 fully saturated rings. The van der Waals surface area contributed by atoms with Crippen molar-refractivity contribution in [2.75, 3.05) is 11.9 Å². The van der Waals surface area contributed by atoms with Crippen molar-refractivity contribution in [2.45, 2.75) is 19.8 Å². The zero-order valence-electron chi connectivity index (χ0n) is 11.3. The highest BCUT2D eigenvalue weighted by Crippen LogP contribution is 2.20. The smallest absolute Gasteiger partial charge is 0.224 e. The molecule has 0 bridgehead atoms. The molecule has 0 unspecified atom stereocenters. The van der Waals surface area contributed by atoms with Gasteiger partial charge in [0.1, 0.15) is 0 Å². The monoisotopic (exact) mass is 271 g/mol. The number of hydrogen-bond donors (Lipinski definition) is 2. The first-order valence-electron chi connectivity index (χ1n) is 6.55. The fourth-order valence-corrected chi connectivity index (χ4v) is 1.93. The molecule has 2 rings (SSSR count). The van der Waals surface area contributed by atoms with Gasteiger partial charge in [-0.05, 0) is 18.6 Å². The third kappa shape index (κ3) is 3.78. The summed E-state index contributed by atoms with van der Waals surface area (Å²) < 4.78 is 0. The minimum absolute atomic E-state index is 0.0755. The maximum absolute atomic E-state index is 11.8. The zero-order chi connectivity index (χ0) is 14.4. The summed E-state index contributed by atoms with van der Waals surface area (Å²) in [7, 11) is 0. The molecule has 5 heteroatoms. The third-order valence-electron chi connectivity index (χ3n) is 2.86. The topological polar surface area (TPSA) is 71.1 Å². The number of fused-ring (bicyclic) bond motifs is 1. The summed E-state index contributed by atoms with van der Waals surface area (Å²) in [6.07, 6.45) is 2.68. The summed E-state index contributed by atoms with van der Waals surface area (Å²) in [6.45, 7) is 1.97. The number of rotatable bonds is 5. The first-order chi connectivity index (χ1) is 9.66. The fraction of sp³-hybridized carbons (Fsp3) is 0.267. The van der Waals surface area contributed by atoms with Crippen molar-refractivity contribution in [1.29, 1.82) is 0 Å². The second-order valence-electron chi connectivity index (χ2n) is 4.52. The van der Waals surface area contributed by atoms with Gasteiger partial charge < -0.3 is 10.6 Å². The van der Waals surface area contributed by atoms with Gasteiger partial charge in [0.15, 0.2) is 0 Å². The second-order valence-corrected chi connectivity index (χ2v) is 4.52. The van der Waals surface area contributed by atoms with E-state index in [1.807, 2.05) is 30.3 Å². The van der Waals surface area contributed by atoms with Gasteiger partial charge in [0.2, 0.25) is 11.8 Å². The van der Waals surface area contributed by atoms with Crippen LogP contribution in [0.4, 0.5) is 5.69 Å². The van der Waals surface area contributed by atoms with Crippen LogP contribution >= 0.6 is 0 Å². The molecule has 104 valence electrons. The van der Waals surface area contributed by atoms with Crippen molar-refractivity contribution < 1.29 is 9.59 Å². The van der Waals surface area contributed by atoms with Gasteiger partial charge in [-0.3, -0.25) is 14.6 Å².